The SMILES string of the molecule is C[C@@H]1C[C@@H](O)CN1C(C)(C)C. The molecule has 0 bridgehead atoms. The van der Waals surface area contributed by atoms with E-state index in [1.807, 2.05) is 0 Å². The predicted octanol–water partition coefficient (Wildman–Crippen LogP) is 1.24. The highest BCUT2D eigenvalue weighted by molar-refractivity contribution is 4.89. The van der Waals surface area contributed by atoms with Gasteiger partial charge in [-0.2, -0.15) is 0 Å². The Morgan fingerprint density at radius 2 is 1.91 bits per heavy atom. The highest BCUT2D eigenvalue weighted by Crippen LogP contribution is 2.25. The lowest BCUT2D eigenvalue weighted by molar-refractivity contribution is 0.109. The smallest absolute Gasteiger partial charge is 0.0682 e. The van der Waals surface area contributed by atoms with Gasteiger partial charge in [-0.05, 0) is 34.1 Å². The molecule has 11 heavy (non-hydrogen) atoms. The Balaban J connectivity index is 2.60. The third-order valence-electron chi connectivity index (χ3n) is 2.41. The molecular formula is C9H19NO. The summed E-state index contributed by atoms with van der Waals surface area (Å²) in [6.45, 7) is 9.61. The first-order valence-electron chi connectivity index (χ1n) is 4.36. The fraction of sp³-hybridized carbons (Fsp3) is 1.00. The van der Waals surface area contributed by atoms with Gasteiger partial charge >= 0.3 is 0 Å². The van der Waals surface area contributed by atoms with E-state index in [4.69, 9.17) is 0 Å². The van der Waals surface area contributed by atoms with Gasteiger partial charge in [0, 0.05) is 18.1 Å². The lowest BCUT2D eigenvalue weighted by atomic mass is 10.1. The van der Waals surface area contributed by atoms with Crippen molar-refractivity contribution in [1.29, 1.82) is 0 Å². The molecule has 0 saturated carbocycles. The van der Waals surface area contributed by atoms with Crippen LogP contribution in [0.2, 0.25) is 0 Å². The molecule has 0 spiro atoms. The fourth-order valence-corrected chi connectivity index (χ4v) is 1.94. The Morgan fingerprint density at radius 3 is 2.09 bits per heavy atom. The minimum absolute atomic E-state index is 0.107. The van der Waals surface area contributed by atoms with E-state index in [0.29, 0.717) is 6.04 Å². The van der Waals surface area contributed by atoms with Crippen LogP contribution in [0, 0.1) is 0 Å². The fourth-order valence-electron chi connectivity index (χ4n) is 1.94. The van der Waals surface area contributed by atoms with E-state index < -0.39 is 0 Å². The molecule has 1 fully saturated rings. The van der Waals surface area contributed by atoms with Crippen LogP contribution in [0.1, 0.15) is 34.1 Å². The summed E-state index contributed by atoms with van der Waals surface area (Å²) in [4.78, 5) is 2.36. The Labute approximate surface area is 69.2 Å². The first-order valence-corrected chi connectivity index (χ1v) is 4.36. The van der Waals surface area contributed by atoms with Gasteiger partial charge in [0.25, 0.3) is 0 Å². The van der Waals surface area contributed by atoms with E-state index in [0.717, 1.165) is 13.0 Å². The van der Waals surface area contributed by atoms with Crippen LogP contribution in [-0.4, -0.2) is 34.2 Å². The molecule has 0 amide bonds. The Hall–Kier alpha value is -0.0800. The molecule has 1 N–H and O–H groups in total. The van der Waals surface area contributed by atoms with Crippen LogP contribution in [0.25, 0.3) is 0 Å². The third-order valence-corrected chi connectivity index (χ3v) is 2.41. The Bertz CT molecular complexity index is 139. The quantitative estimate of drug-likeness (QED) is 0.572. The Kier molecular flexibility index (Phi) is 2.26. The molecule has 1 aliphatic rings. The number of hydrogen-bond donors (Lipinski definition) is 1. The molecule has 0 unspecified atom stereocenters. The molecule has 66 valence electrons. The molecule has 0 aromatic rings. The molecule has 0 radical (unpaired) electrons. The average molecular weight is 157 g/mol. The first kappa shape index (κ1) is 9.01. The molecule has 1 rings (SSSR count). The van der Waals surface area contributed by atoms with Crippen molar-refractivity contribution in [2.45, 2.75) is 51.8 Å². The summed E-state index contributed by atoms with van der Waals surface area (Å²) >= 11 is 0. The van der Waals surface area contributed by atoms with Gasteiger partial charge in [0.15, 0.2) is 0 Å². The summed E-state index contributed by atoms with van der Waals surface area (Å²) < 4.78 is 0. The number of nitrogens with zero attached hydrogens (tertiary/aromatic N) is 1. The number of rotatable bonds is 0. The van der Waals surface area contributed by atoms with Crippen LogP contribution in [0.3, 0.4) is 0 Å². The molecule has 2 atom stereocenters. The maximum absolute atomic E-state index is 9.39. The zero-order valence-corrected chi connectivity index (χ0v) is 7.96. The second-order valence-corrected chi connectivity index (χ2v) is 4.56. The summed E-state index contributed by atoms with van der Waals surface area (Å²) in [5, 5.41) is 9.39. The second-order valence-electron chi connectivity index (χ2n) is 4.56. The van der Waals surface area contributed by atoms with E-state index in [1.54, 1.807) is 0 Å². The van der Waals surface area contributed by atoms with Crippen molar-refractivity contribution in [1.82, 2.24) is 4.90 Å². The Morgan fingerprint density at radius 1 is 1.36 bits per heavy atom. The number of β-amino-alcohol motifs (C(OH)–C–C–N with tert-alkyl or cyclic N) is 1. The monoisotopic (exact) mass is 157 g/mol. The van der Waals surface area contributed by atoms with E-state index in [1.165, 1.54) is 0 Å². The highest BCUT2D eigenvalue weighted by atomic mass is 16.3. The predicted molar refractivity (Wildman–Crippen MR) is 46.5 cm³/mol. The highest BCUT2D eigenvalue weighted by Gasteiger charge is 2.34. The maximum atomic E-state index is 9.39. The van der Waals surface area contributed by atoms with Crippen molar-refractivity contribution < 1.29 is 5.11 Å². The molecular weight excluding hydrogens is 138 g/mol. The molecule has 0 aromatic carbocycles. The van der Waals surface area contributed by atoms with E-state index in [9.17, 15) is 5.11 Å². The van der Waals surface area contributed by atoms with Crippen molar-refractivity contribution >= 4 is 0 Å². The van der Waals surface area contributed by atoms with Gasteiger partial charge in [0.2, 0.25) is 0 Å². The maximum Gasteiger partial charge on any atom is 0.0682 e. The lowest BCUT2D eigenvalue weighted by Crippen LogP contribution is -2.43. The van der Waals surface area contributed by atoms with E-state index >= 15 is 0 Å². The van der Waals surface area contributed by atoms with E-state index in [2.05, 4.69) is 32.6 Å². The van der Waals surface area contributed by atoms with E-state index in [-0.39, 0.29) is 11.6 Å². The van der Waals surface area contributed by atoms with Crippen LogP contribution < -0.4 is 0 Å². The lowest BCUT2D eigenvalue weighted by Gasteiger charge is -2.35. The molecule has 2 nitrogen and oxygen atoms in total. The zero-order chi connectivity index (χ0) is 8.65. The van der Waals surface area contributed by atoms with Crippen molar-refractivity contribution in [3.8, 4) is 0 Å². The van der Waals surface area contributed by atoms with Gasteiger partial charge in [0.1, 0.15) is 0 Å². The van der Waals surface area contributed by atoms with Crippen LogP contribution >= 0.6 is 0 Å². The van der Waals surface area contributed by atoms with Gasteiger partial charge in [0.05, 0.1) is 6.10 Å². The number of aliphatic hydroxyl groups is 1. The minimum atomic E-state index is -0.107. The average Bonchev–Trinajstić information content (AvgIpc) is 2.08. The van der Waals surface area contributed by atoms with Gasteiger partial charge in [-0.3, -0.25) is 4.90 Å². The summed E-state index contributed by atoms with van der Waals surface area (Å²) in [7, 11) is 0. The summed E-state index contributed by atoms with van der Waals surface area (Å²) in [5.41, 5.74) is 0.205. The second kappa shape index (κ2) is 2.76. The van der Waals surface area contributed by atoms with Gasteiger partial charge in [-0.1, -0.05) is 0 Å². The zero-order valence-electron chi connectivity index (χ0n) is 7.96. The van der Waals surface area contributed by atoms with Gasteiger partial charge in [-0.15, -0.1) is 0 Å². The third kappa shape index (κ3) is 1.94. The van der Waals surface area contributed by atoms with Crippen molar-refractivity contribution in [2.24, 2.45) is 0 Å². The molecule has 1 saturated heterocycles. The van der Waals surface area contributed by atoms with Crippen LogP contribution in [-0.2, 0) is 0 Å². The van der Waals surface area contributed by atoms with Crippen LogP contribution in [0.4, 0.5) is 0 Å². The number of aliphatic hydroxyl groups excluding tert-OH is 1. The number of likely N-dealkylation sites (tertiary alicyclic amines) is 1. The standard InChI is InChI=1S/C9H19NO/c1-7-5-8(11)6-10(7)9(2,3)4/h7-8,11H,5-6H2,1-4H3/t7-,8-/m1/s1. The van der Waals surface area contributed by atoms with Gasteiger partial charge < -0.3 is 5.11 Å². The van der Waals surface area contributed by atoms with Crippen molar-refractivity contribution in [3.05, 3.63) is 0 Å². The summed E-state index contributed by atoms with van der Waals surface area (Å²) in [6.07, 6.45) is 0.821. The topological polar surface area (TPSA) is 23.5 Å². The minimum Gasteiger partial charge on any atom is -0.392 e. The molecule has 0 aliphatic carbocycles. The largest absolute Gasteiger partial charge is 0.392 e. The van der Waals surface area contributed by atoms with Crippen molar-refractivity contribution in [2.75, 3.05) is 6.54 Å². The molecule has 1 aliphatic heterocycles. The van der Waals surface area contributed by atoms with Crippen LogP contribution in [0.5, 0.6) is 0 Å². The van der Waals surface area contributed by atoms with Crippen molar-refractivity contribution in [3.63, 3.8) is 0 Å². The number of hydrogen-bond acceptors (Lipinski definition) is 2. The summed E-state index contributed by atoms with van der Waals surface area (Å²) in [5.74, 6) is 0. The summed E-state index contributed by atoms with van der Waals surface area (Å²) in [6, 6.07) is 0.532. The molecule has 1 heterocycles. The van der Waals surface area contributed by atoms with Gasteiger partial charge in [-0.25, -0.2) is 0 Å². The first-order chi connectivity index (χ1) is 4.91. The normalized spacial score (nSPS) is 34.6. The molecule has 2 heteroatoms. The molecule has 0 aromatic heterocycles. The van der Waals surface area contributed by atoms with Crippen LogP contribution in [0.15, 0.2) is 0 Å².